The lowest BCUT2D eigenvalue weighted by molar-refractivity contribution is 0.0898. The van der Waals surface area contributed by atoms with Crippen molar-refractivity contribution in [1.29, 1.82) is 0 Å². The Morgan fingerprint density at radius 1 is 1.48 bits per heavy atom. The van der Waals surface area contributed by atoms with E-state index in [4.69, 9.17) is 18.0 Å². The van der Waals surface area contributed by atoms with Gasteiger partial charge in [-0.15, -0.1) is 0 Å². The van der Waals surface area contributed by atoms with E-state index >= 15 is 0 Å². The van der Waals surface area contributed by atoms with E-state index in [9.17, 15) is 9.90 Å². The molecule has 1 fully saturated rings. The number of hydrogen-bond acceptors (Lipinski definition) is 3. The van der Waals surface area contributed by atoms with Crippen molar-refractivity contribution in [2.45, 2.75) is 38.1 Å². The topological polar surface area (TPSA) is 75.3 Å². The third kappa shape index (κ3) is 3.55. The van der Waals surface area contributed by atoms with Crippen LogP contribution in [0.2, 0.25) is 0 Å². The Morgan fingerprint density at radius 2 is 2.10 bits per heavy atom. The fraction of sp³-hybridized carbons (Fsp3) is 0.467. The quantitative estimate of drug-likeness (QED) is 0.714. The molecule has 0 atom stereocenters. The monoisotopic (exact) mass is 370 g/mol. The number of halogens is 1. The molecule has 0 aromatic heterocycles. The number of carbonyl (C=O) groups is 1. The van der Waals surface area contributed by atoms with Crippen LogP contribution in [0.4, 0.5) is 0 Å². The molecule has 0 radical (unpaired) electrons. The lowest BCUT2D eigenvalue weighted by atomic mass is 9.77. The van der Waals surface area contributed by atoms with Gasteiger partial charge < -0.3 is 16.2 Å². The largest absolute Gasteiger partial charge is 0.507 e. The highest BCUT2D eigenvalue weighted by Gasteiger charge is 2.38. The van der Waals surface area contributed by atoms with Gasteiger partial charge in [0.05, 0.1) is 16.1 Å². The first kappa shape index (κ1) is 16.2. The zero-order valence-electron chi connectivity index (χ0n) is 11.9. The van der Waals surface area contributed by atoms with Gasteiger partial charge >= 0.3 is 0 Å². The van der Waals surface area contributed by atoms with Gasteiger partial charge in [-0.1, -0.05) is 35.1 Å². The van der Waals surface area contributed by atoms with Crippen LogP contribution in [0.5, 0.6) is 5.75 Å². The number of amides is 1. The van der Waals surface area contributed by atoms with Crippen LogP contribution in [0.25, 0.3) is 0 Å². The maximum absolute atomic E-state index is 12.5. The Labute approximate surface area is 138 Å². The molecule has 0 unspecified atom stereocenters. The summed E-state index contributed by atoms with van der Waals surface area (Å²) in [5, 5.41) is 12.8. The van der Waals surface area contributed by atoms with Crippen molar-refractivity contribution in [3.8, 4) is 5.75 Å². The summed E-state index contributed by atoms with van der Waals surface area (Å²) < 4.78 is 0.729. The van der Waals surface area contributed by atoms with Gasteiger partial charge in [-0.3, -0.25) is 4.79 Å². The van der Waals surface area contributed by atoms with Crippen molar-refractivity contribution in [1.82, 2.24) is 5.32 Å². The molecule has 4 nitrogen and oxygen atoms in total. The highest BCUT2D eigenvalue weighted by molar-refractivity contribution is 9.10. The number of thiocarbonyl (C=S) groups is 1. The fourth-order valence-corrected chi connectivity index (χ4v) is 3.28. The van der Waals surface area contributed by atoms with Gasteiger partial charge in [-0.05, 0) is 49.8 Å². The molecule has 114 valence electrons. The van der Waals surface area contributed by atoms with Gasteiger partial charge in [0.15, 0.2) is 0 Å². The van der Waals surface area contributed by atoms with Crippen LogP contribution in [-0.4, -0.2) is 21.5 Å². The van der Waals surface area contributed by atoms with Crippen molar-refractivity contribution in [2.75, 3.05) is 0 Å². The molecule has 0 bridgehead atoms. The molecule has 1 aliphatic rings. The maximum Gasteiger partial charge on any atom is 0.255 e. The summed E-state index contributed by atoms with van der Waals surface area (Å²) in [5.41, 5.74) is 5.46. The number of benzene rings is 1. The molecule has 1 aromatic carbocycles. The molecule has 1 aromatic rings. The van der Waals surface area contributed by atoms with Gasteiger partial charge in [0.2, 0.25) is 0 Å². The van der Waals surface area contributed by atoms with E-state index in [0.29, 0.717) is 10.9 Å². The van der Waals surface area contributed by atoms with E-state index < -0.39 is 5.54 Å². The summed E-state index contributed by atoms with van der Waals surface area (Å²) in [5.74, 6) is 0.206. The van der Waals surface area contributed by atoms with Crippen LogP contribution in [0.1, 0.15) is 43.0 Å². The van der Waals surface area contributed by atoms with E-state index in [1.165, 1.54) is 6.07 Å². The van der Waals surface area contributed by atoms with Gasteiger partial charge in [0, 0.05) is 4.47 Å². The van der Waals surface area contributed by atoms with Crippen molar-refractivity contribution in [2.24, 2.45) is 11.7 Å². The molecular weight excluding hydrogens is 352 g/mol. The predicted octanol–water partition coefficient (Wildman–Crippen LogP) is 3.12. The van der Waals surface area contributed by atoms with Crippen LogP contribution >= 0.6 is 28.1 Å². The molecule has 1 amide bonds. The van der Waals surface area contributed by atoms with Crippen LogP contribution in [0, 0.1) is 5.92 Å². The number of hydrogen-bond donors (Lipinski definition) is 3. The van der Waals surface area contributed by atoms with Crippen LogP contribution < -0.4 is 11.1 Å². The average Bonchev–Trinajstić information content (AvgIpc) is 2.44. The summed E-state index contributed by atoms with van der Waals surface area (Å²) in [6, 6.07) is 4.75. The predicted molar refractivity (Wildman–Crippen MR) is 90.4 cm³/mol. The van der Waals surface area contributed by atoms with Gasteiger partial charge in [0.1, 0.15) is 5.75 Å². The molecule has 1 saturated carbocycles. The first-order chi connectivity index (χ1) is 9.84. The number of rotatable bonds is 3. The Balaban J connectivity index is 2.23. The number of phenols is 1. The molecule has 1 aliphatic carbocycles. The van der Waals surface area contributed by atoms with Crippen molar-refractivity contribution in [3.05, 3.63) is 28.2 Å². The summed E-state index contributed by atoms with van der Waals surface area (Å²) in [6.45, 7) is 2.19. The molecule has 4 N–H and O–H groups in total. The molecule has 0 saturated heterocycles. The average molecular weight is 371 g/mol. The van der Waals surface area contributed by atoms with Gasteiger partial charge in [-0.25, -0.2) is 0 Å². The van der Waals surface area contributed by atoms with E-state index in [2.05, 4.69) is 28.2 Å². The summed E-state index contributed by atoms with van der Waals surface area (Å²) in [6.07, 6.45) is 3.43. The zero-order chi connectivity index (χ0) is 15.6. The Bertz CT molecular complexity index is 569. The Kier molecular flexibility index (Phi) is 4.88. The van der Waals surface area contributed by atoms with Crippen LogP contribution in [-0.2, 0) is 0 Å². The lowest BCUT2D eigenvalue weighted by Gasteiger charge is -2.39. The molecular formula is C15H19BrN2O2S. The molecule has 6 heteroatoms. The van der Waals surface area contributed by atoms with E-state index in [1.54, 1.807) is 12.1 Å². The second-order valence-electron chi connectivity index (χ2n) is 5.74. The van der Waals surface area contributed by atoms with E-state index in [-0.39, 0.29) is 17.2 Å². The van der Waals surface area contributed by atoms with Gasteiger partial charge in [-0.2, -0.15) is 0 Å². The number of aromatic hydroxyl groups is 1. The first-order valence-electron chi connectivity index (χ1n) is 6.95. The molecule has 21 heavy (non-hydrogen) atoms. The maximum atomic E-state index is 12.5. The Hall–Kier alpha value is -1.14. The number of nitrogens with two attached hydrogens (primary N) is 1. The smallest absolute Gasteiger partial charge is 0.255 e. The van der Waals surface area contributed by atoms with Crippen LogP contribution in [0.15, 0.2) is 22.7 Å². The molecule has 0 spiro atoms. The highest BCUT2D eigenvalue weighted by atomic mass is 79.9. The number of nitrogens with one attached hydrogen (secondary N) is 1. The molecule has 0 heterocycles. The second kappa shape index (κ2) is 6.32. The minimum atomic E-state index is -0.645. The first-order valence-corrected chi connectivity index (χ1v) is 8.15. The highest BCUT2D eigenvalue weighted by Crippen LogP contribution is 2.33. The molecule has 0 aliphatic heterocycles. The molecule has 2 rings (SSSR count). The third-order valence-corrected chi connectivity index (χ3v) is 5.04. The van der Waals surface area contributed by atoms with Crippen molar-refractivity contribution >= 4 is 39.0 Å². The SMILES string of the molecule is CC1CCC(NC(=O)c2cc(Br)ccc2O)(C(N)=S)CC1. The summed E-state index contributed by atoms with van der Waals surface area (Å²) in [7, 11) is 0. The summed E-state index contributed by atoms with van der Waals surface area (Å²) >= 11 is 8.48. The minimum Gasteiger partial charge on any atom is -0.507 e. The van der Waals surface area contributed by atoms with Gasteiger partial charge in [0.25, 0.3) is 5.91 Å². The standard InChI is InChI=1S/C15H19BrN2O2S/c1-9-4-6-15(7-5-9,14(17)21)18-13(20)11-8-10(16)2-3-12(11)19/h2-3,8-9,19H,4-7H2,1H3,(H2,17,21)(H,18,20). The third-order valence-electron chi connectivity index (χ3n) is 4.16. The van der Waals surface area contributed by atoms with E-state index in [1.807, 2.05) is 0 Å². The Morgan fingerprint density at radius 3 is 2.67 bits per heavy atom. The second-order valence-corrected chi connectivity index (χ2v) is 7.10. The van der Waals surface area contributed by atoms with E-state index in [0.717, 1.165) is 30.2 Å². The van der Waals surface area contributed by atoms with Crippen molar-refractivity contribution < 1.29 is 9.90 Å². The normalized spacial score (nSPS) is 25.3. The van der Waals surface area contributed by atoms with Crippen LogP contribution in [0.3, 0.4) is 0 Å². The summed E-state index contributed by atoms with van der Waals surface area (Å²) in [4.78, 5) is 12.8. The minimum absolute atomic E-state index is 0.0574. The van der Waals surface area contributed by atoms with Crippen molar-refractivity contribution in [3.63, 3.8) is 0 Å². The number of carbonyl (C=O) groups excluding carboxylic acids is 1. The zero-order valence-corrected chi connectivity index (χ0v) is 14.3. The number of phenolic OH excluding ortho intramolecular Hbond substituents is 1. The fourth-order valence-electron chi connectivity index (χ4n) is 2.66. The lowest BCUT2D eigenvalue weighted by Crippen LogP contribution is -2.58.